The predicted octanol–water partition coefficient (Wildman–Crippen LogP) is 0.513. The van der Waals surface area contributed by atoms with Gasteiger partial charge in [-0.3, -0.25) is 14.9 Å². The molecule has 3 rings (SSSR count). The lowest BCUT2D eigenvalue weighted by atomic mass is 10.2. The van der Waals surface area contributed by atoms with Gasteiger partial charge in [0.25, 0.3) is 11.8 Å². The Morgan fingerprint density at radius 1 is 0.867 bits per heavy atom. The third-order valence-corrected chi connectivity index (χ3v) is 2.23. The first kappa shape index (κ1) is 8.05. The highest BCUT2D eigenvalue weighted by molar-refractivity contribution is 6.20. The number of fused-ring (bicyclic) bond motifs is 2. The number of aromatic nitrogens is 2. The normalized spacial score (nSPS) is 14.1. The number of rotatable bonds is 0. The molecule has 0 spiro atoms. The molecule has 0 aliphatic carbocycles. The highest BCUT2D eigenvalue weighted by atomic mass is 16.2. The number of nitrogens with one attached hydrogen (secondary N) is 1. The molecular formula is C10H5N3O2. The molecule has 0 bridgehead atoms. The van der Waals surface area contributed by atoms with E-state index in [2.05, 4.69) is 15.3 Å². The number of para-hydroxylation sites is 2. The van der Waals surface area contributed by atoms with E-state index in [0.29, 0.717) is 11.0 Å². The second-order valence-electron chi connectivity index (χ2n) is 3.19. The van der Waals surface area contributed by atoms with Gasteiger partial charge in [0.05, 0.1) is 11.0 Å². The van der Waals surface area contributed by atoms with E-state index in [1.807, 2.05) is 0 Å². The molecule has 1 N–H and O–H groups in total. The molecule has 0 radical (unpaired) electrons. The summed E-state index contributed by atoms with van der Waals surface area (Å²) in [5.41, 5.74) is 1.44. The monoisotopic (exact) mass is 199 g/mol. The molecular weight excluding hydrogens is 194 g/mol. The van der Waals surface area contributed by atoms with E-state index in [1.165, 1.54) is 0 Å². The van der Waals surface area contributed by atoms with Gasteiger partial charge in [-0.1, -0.05) is 12.1 Å². The summed E-state index contributed by atoms with van der Waals surface area (Å²) in [5, 5.41) is 2.15. The Morgan fingerprint density at radius 3 is 1.80 bits per heavy atom. The molecule has 0 fully saturated rings. The van der Waals surface area contributed by atoms with Gasteiger partial charge in [-0.15, -0.1) is 0 Å². The van der Waals surface area contributed by atoms with E-state index >= 15 is 0 Å². The third kappa shape index (κ3) is 1.03. The van der Waals surface area contributed by atoms with Crippen LogP contribution < -0.4 is 5.32 Å². The van der Waals surface area contributed by atoms with Gasteiger partial charge in [0.15, 0.2) is 11.4 Å². The van der Waals surface area contributed by atoms with Gasteiger partial charge in [0.1, 0.15) is 0 Å². The van der Waals surface area contributed by atoms with Crippen LogP contribution in [-0.2, 0) is 0 Å². The SMILES string of the molecule is O=C1NC(=O)c2nc3ccccc3nc21. The maximum absolute atomic E-state index is 11.3. The lowest BCUT2D eigenvalue weighted by Crippen LogP contribution is -2.20. The number of imide groups is 1. The van der Waals surface area contributed by atoms with Crippen molar-refractivity contribution < 1.29 is 9.59 Å². The average Bonchev–Trinajstić information content (AvgIpc) is 2.52. The molecule has 15 heavy (non-hydrogen) atoms. The van der Waals surface area contributed by atoms with Gasteiger partial charge in [-0.2, -0.15) is 0 Å². The second-order valence-corrected chi connectivity index (χ2v) is 3.19. The van der Waals surface area contributed by atoms with Crippen LogP contribution in [0, 0.1) is 0 Å². The van der Waals surface area contributed by atoms with Crippen molar-refractivity contribution in [3.63, 3.8) is 0 Å². The molecule has 0 saturated carbocycles. The quantitative estimate of drug-likeness (QED) is 0.627. The highest BCUT2D eigenvalue weighted by Gasteiger charge is 2.30. The molecule has 5 nitrogen and oxygen atoms in total. The first-order valence-electron chi connectivity index (χ1n) is 4.38. The van der Waals surface area contributed by atoms with Crippen molar-refractivity contribution in [2.45, 2.75) is 0 Å². The van der Waals surface area contributed by atoms with Crippen LogP contribution in [0.25, 0.3) is 11.0 Å². The number of carbonyl (C=O) groups excluding carboxylic acids is 2. The van der Waals surface area contributed by atoms with Gasteiger partial charge in [0, 0.05) is 0 Å². The van der Waals surface area contributed by atoms with Crippen LogP contribution >= 0.6 is 0 Å². The Hall–Kier alpha value is -2.30. The van der Waals surface area contributed by atoms with Gasteiger partial charge in [0.2, 0.25) is 0 Å². The fourth-order valence-corrected chi connectivity index (χ4v) is 1.54. The Balaban J connectivity index is 2.41. The maximum atomic E-state index is 11.3. The van der Waals surface area contributed by atoms with Gasteiger partial charge >= 0.3 is 0 Å². The fourth-order valence-electron chi connectivity index (χ4n) is 1.54. The van der Waals surface area contributed by atoms with E-state index in [0.717, 1.165) is 0 Å². The summed E-state index contributed by atoms with van der Waals surface area (Å²) in [6.45, 7) is 0. The average molecular weight is 199 g/mol. The molecule has 2 heterocycles. The molecule has 0 atom stereocenters. The fraction of sp³-hybridized carbons (Fsp3) is 0. The number of benzene rings is 1. The number of amides is 2. The van der Waals surface area contributed by atoms with Crippen LogP contribution in [0.3, 0.4) is 0 Å². The van der Waals surface area contributed by atoms with Crippen molar-refractivity contribution in [3.05, 3.63) is 35.7 Å². The Bertz CT molecular complexity index is 554. The van der Waals surface area contributed by atoms with E-state index in [9.17, 15) is 9.59 Å². The summed E-state index contributed by atoms with van der Waals surface area (Å²) >= 11 is 0. The van der Waals surface area contributed by atoms with Crippen molar-refractivity contribution in [3.8, 4) is 0 Å². The van der Waals surface area contributed by atoms with Gasteiger partial charge in [-0.25, -0.2) is 9.97 Å². The molecule has 0 saturated heterocycles. The number of nitrogens with zero attached hydrogens (tertiary/aromatic N) is 2. The summed E-state index contributed by atoms with van der Waals surface area (Å²) in [5.74, 6) is -0.957. The molecule has 72 valence electrons. The topological polar surface area (TPSA) is 72.0 Å². The lowest BCUT2D eigenvalue weighted by Gasteiger charge is -1.97. The zero-order valence-corrected chi connectivity index (χ0v) is 7.52. The second kappa shape index (κ2) is 2.60. The van der Waals surface area contributed by atoms with E-state index in [4.69, 9.17) is 0 Å². The Kier molecular flexibility index (Phi) is 1.39. The number of hydrogen-bond donors (Lipinski definition) is 1. The Morgan fingerprint density at radius 2 is 1.33 bits per heavy atom. The summed E-state index contributed by atoms with van der Waals surface area (Å²) in [6, 6.07) is 7.10. The minimum atomic E-state index is -0.478. The van der Waals surface area contributed by atoms with Crippen LogP contribution in [0.15, 0.2) is 24.3 Å². The van der Waals surface area contributed by atoms with Crippen molar-refractivity contribution in [2.24, 2.45) is 0 Å². The molecule has 2 amide bonds. The molecule has 1 aromatic carbocycles. The number of hydrogen-bond acceptors (Lipinski definition) is 4. The van der Waals surface area contributed by atoms with Crippen LogP contribution in [0.2, 0.25) is 0 Å². The van der Waals surface area contributed by atoms with E-state index in [-0.39, 0.29) is 11.4 Å². The smallest absolute Gasteiger partial charge is 0.279 e. The lowest BCUT2D eigenvalue weighted by molar-refractivity contribution is 0.0877. The molecule has 1 aromatic heterocycles. The highest BCUT2D eigenvalue weighted by Crippen LogP contribution is 2.16. The minimum absolute atomic E-state index is 0.110. The molecule has 0 unspecified atom stereocenters. The van der Waals surface area contributed by atoms with Crippen LogP contribution in [0.5, 0.6) is 0 Å². The third-order valence-electron chi connectivity index (χ3n) is 2.23. The summed E-state index contributed by atoms with van der Waals surface area (Å²) in [6.07, 6.45) is 0. The molecule has 1 aliphatic rings. The summed E-state index contributed by atoms with van der Waals surface area (Å²) in [4.78, 5) is 30.8. The molecule has 1 aliphatic heterocycles. The predicted molar refractivity (Wildman–Crippen MR) is 51.3 cm³/mol. The van der Waals surface area contributed by atoms with E-state index in [1.54, 1.807) is 24.3 Å². The van der Waals surface area contributed by atoms with Crippen LogP contribution in [-0.4, -0.2) is 21.8 Å². The number of carbonyl (C=O) groups is 2. The molecule has 5 heteroatoms. The maximum Gasteiger partial charge on any atom is 0.279 e. The minimum Gasteiger partial charge on any atom is -0.285 e. The zero-order valence-electron chi connectivity index (χ0n) is 7.52. The van der Waals surface area contributed by atoms with Crippen molar-refractivity contribution in [2.75, 3.05) is 0 Å². The summed E-state index contributed by atoms with van der Waals surface area (Å²) in [7, 11) is 0. The van der Waals surface area contributed by atoms with Gasteiger partial charge < -0.3 is 0 Å². The van der Waals surface area contributed by atoms with Gasteiger partial charge in [-0.05, 0) is 12.1 Å². The van der Waals surface area contributed by atoms with Crippen molar-refractivity contribution in [1.82, 2.24) is 15.3 Å². The first-order chi connectivity index (χ1) is 7.25. The largest absolute Gasteiger partial charge is 0.285 e. The van der Waals surface area contributed by atoms with Crippen molar-refractivity contribution >= 4 is 22.8 Å². The first-order valence-corrected chi connectivity index (χ1v) is 4.38. The zero-order chi connectivity index (χ0) is 10.4. The van der Waals surface area contributed by atoms with Crippen LogP contribution in [0.4, 0.5) is 0 Å². The summed E-state index contributed by atoms with van der Waals surface area (Å²) < 4.78 is 0. The van der Waals surface area contributed by atoms with E-state index < -0.39 is 11.8 Å². The standard InChI is InChI=1S/C10H5N3O2/c14-9-7-8(10(15)13-9)12-6-4-2-1-3-5(6)11-7/h1-4H,(H,13,14,15). The van der Waals surface area contributed by atoms with Crippen LogP contribution in [0.1, 0.15) is 21.0 Å². The molecule has 2 aromatic rings. The Labute approximate surface area is 84.1 Å². The van der Waals surface area contributed by atoms with Crippen molar-refractivity contribution in [1.29, 1.82) is 0 Å².